The molecule has 1 unspecified atom stereocenters. The van der Waals surface area contributed by atoms with Crippen LogP contribution in [0.3, 0.4) is 0 Å². The third-order valence-electron chi connectivity index (χ3n) is 9.32. The number of esters is 2. The number of ether oxygens (including phenoxy) is 2. The normalized spacial score (nSPS) is 13.5. The molecule has 0 radical (unpaired) electrons. The van der Waals surface area contributed by atoms with Crippen LogP contribution in [-0.4, -0.2) is 49.3 Å². The van der Waals surface area contributed by atoms with E-state index in [1.807, 2.05) is 6.08 Å². The van der Waals surface area contributed by atoms with Crippen LogP contribution in [0.2, 0.25) is 0 Å². The van der Waals surface area contributed by atoms with Gasteiger partial charge in [-0.1, -0.05) is 167 Å². The molecule has 3 N–H and O–H groups in total. The summed E-state index contributed by atoms with van der Waals surface area (Å²) >= 11 is 0. The molecule has 0 aromatic carbocycles. The summed E-state index contributed by atoms with van der Waals surface area (Å²) in [5, 5.41) is 0. The van der Waals surface area contributed by atoms with E-state index in [1.165, 1.54) is 141 Å². The molecule has 0 fully saturated rings. The second kappa shape index (κ2) is 40.2. The predicted molar refractivity (Wildman–Crippen MR) is 220 cm³/mol. The minimum absolute atomic E-state index is 0.0497. The van der Waals surface area contributed by atoms with Crippen molar-refractivity contribution in [2.24, 2.45) is 5.73 Å². The van der Waals surface area contributed by atoms with Crippen molar-refractivity contribution in [2.75, 3.05) is 26.4 Å². The zero-order chi connectivity index (χ0) is 38.9. The van der Waals surface area contributed by atoms with Gasteiger partial charge in [-0.25, -0.2) is 4.57 Å². The van der Waals surface area contributed by atoms with Crippen molar-refractivity contribution < 1.29 is 37.6 Å². The number of hydrogen-bond acceptors (Lipinski definition) is 8. The zero-order valence-corrected chi connectivity index (χ0v) is 35.2. The molecule has 0 aromatic rings. The van der Waals surface area contributed by atoms with E-state index < -0.39 is 32.5 Å². The summed E-state index contributed by atoms with van der Waals surface area (Å²) in [7, 11) is -4.38. The standard InChI is InChI=1S/C43H82NO8P/c1-3-5-7-9-11-13-15-17-19-20-22-23-25-27-29-31-33-35-42(45)49-39-41(40-51-53(47,48)50-38-37-44)52-43(46)36-34-32-30-28-26-24-21-18-16-14-12-10-8-6-4-2/h13,15,30,32,41H,3-12,14,16-29,31,33-40,44H2,1-2H3,(H,47,48)/b15-13+,32-30+/t41-/m1/s1. The molecule has 312 valence electrons. The number of phosphoric ester groups is 1. The Bertz CT molecular complexity index is 928. The quantitative estimate of drug-likeness (QED) is 0.0269. The Morgan fingerprint density at radius 1 is 0.547 bits per heavy atom. The van der Waals surface area contributed by atoms with Gasteiger partial charge in [-0.2, -0.15) is 0 Å². The second-order valence-corrected chi connectivity index (χ2v) is 16.0. The molecule has 10 heteroatoms. The number of hydrogen-bond donors (Lipinski definition) is 2. The van der Waals surface area contributed by atoms with Gasteiger partial charge < -0.3 is 20.1 Å². The lowest BCUT2D eigenvalue weighted by Crippen LogP contribution is -2.29. The van der Waals surface area contributed by atoms with Crippen LogP contribution < -0.4 is 5.73 Å². The number of allylic oxidation sites excluding steroid dienone is 4. The monoisotopic (exact) mass is 772 g/mol. The van der Waals surface area contributed by atoms with Crippen LogP contribution in [0.5, 0.6) is 0 Å². The number of nitrogens with two attached hydrogens (primary N) is 1. The fraction of sp³-hybridized carbons (Fsp3) is 0.860. The number of rotatable bonds is 41. The summed E-state index contributed by atoms with van der Waals surface area (Å²) in [5.41, 5.74) is 5.34. The average Bonchev–Trinajstić information content (AvgIpc) is 3.14. The zero-order valence-electron chi connectivity index (χ0n) is 34.3. The lowest BCUT2D eigenvalue weighted by atomic mass is 10.1. The molecule has 0 spiro atoms. The van der Waals surface area contributed by atoms with Gasteiger partial charge in [-0.05, 0) is 51.4 Å². The van der Waals surface area contributed by atoms with Crippen molar-refractivity contribution in [2.45, 2.75) is 213 Å². The molecule has 0 amide bonds. The molecule has 0 aromatic heterocycles. The van der Waals surface area contributed by atoms with Gasteiger partial charge in [0.15, 0.2) is 6.10 Å². The van der Waals surface area contributed by atoms with E-state index in [0.717, 1.165) is 32.1 Å². The molecule has 0 heterocycles. The minimum atomic E-state index is -4.38. The SMILES string of the molecule is CCCCCC/C=C/CCCCCCCCCCCC(=O)OC[C@H](COP(=O)(O)OCCN)OC(=O)CC/C=C/CCCCCCCCCCCCC. The molecule has 0 rings (SSSR count). The summed E-state index contributed by atoms with van der Waals surface area (Å²) in [4.78, 5) is 34.8. The Balaban J connectivity index is 4.16. The first-order valence-corrected chi connectivity index (χ1v) is 23.3. The lowest BCUT2D eigenvalue weighted by Gasteiger charge is -2.19. The summed E-state index contributed by atoms with van der Waals surface area (Å²) in [6.07, 6.45) is 42.2. The molecule has 0 saturated carbocycles. The molecule has 0 bridgehead atoms. The van der Waals surface area contributed by atoms with Gasteiger partial charge in [0.2, 0.25) is 0 Å². The second-order valence-electron chi connectivity index (χ2n) is 14.6. The topological polar surface area (TPSA) is 134 Å². The number of carbonyl (C=O) groups excluding carboxylic acids is 2. The Kier molecular flexibility index (Phi) is 39.0. The van der Waals surface area contributed by atoms with E-state index in [-0.39, 0.29) is 32.6 Å². The number of carbonyl (C=O) groups is 2. The highest BCUT2D eigenvalue weighted by molar-refractivity contribution is 7.47. The maximum Gasteiger partial charge on any atom is 0.472 e. The summed E-state index contributed by atoms with van der Waals surface area (Å²) < 4.78 is 32.7. The van der Waals surface area contributed by atoms with E-state index in [4.69, 9.17) is 24.3 Å². The molecular formula is C43H82NO8P. The fourth-order valence-corrected chi connectivity index (χ4v) is 6.82. The Morgan fingerprint density at radius 3 is 1.43 bits per heavy atom. The smallest absolute Gasteiger partial charge is 0.462 e. The molecular weight excluding hydrogens is 689 g/mol. The van der Waals surface area contributed by atoms with Crippen molar-refractivity contribution in [3.05, 3.63) is 24.3 Å². The Hall–Kier alpha value is -1.51. The highest BCUT2D eigenvalue weighted by Crippen LogP contribution is 2.43. The molecule has 0 aliphatic rings. The van der Waals surface area contributed by atoms with Crippen molar-refractivity contribution in [1.29, 1.82) is 0 Å². The van der Waals surface area contributed by atoms with Crippen molar-refractivity contribution >= 4 is 19.8 Å². The highest BCUT2D eigenvalue weighted by Gasteiger charge is 2.25. The van der Waals surface area contributed by atoms with E-state index in [1.54, 1.807) is 0 Å². The predicted octanol–water partition coefficient (Wildman–Crippen LogP) is 12.4. The van der Waals surface area contributed by atoms with Crippen LogP contribution >= 0.6 is 7.82 Å². The molecule has 53 heavy (non-hydrogen) atoms. The van der Waals surface area contributed by atoms with Crippen LogP contribution in [0.1, 0.15) is 206 Å². The van der Waals surface area contributed by atoms with Crippen LogP contribution in [0, 0.1) is 0 Å². The van der Waals surface area contributed by atoms with Crippen LogP contribution in [0.15, 0.2) is 24.3 Å². The van der Waals surface area contributed by atoms with Gasteiger partial charge in [0.1, 0.15) is 6.61 Å². The molecule has 0 saturated heterocycles. The first-order chi connectivity index (χ1) is 25.8. The maximum absolute atomic E-state index is 12.5. The van der Waals surface area contributed by atoms with Crippen molar-refractivity contribution in [3.8, 4) is 0 Å². The first-order valence-electron chi connectivity index (χ1n) is 21.8. The van der Waals surface area contributed by atoms with Gasteiger partial charge in [0.05, 0.1) is 13.2 Å². The van der Waals surface area contributed by atoms with E-state index in [9.17, 15) is 19.0 Å². The van der Waals surface area contributed by atoms with E-state index in [2.05, 4.69) is 32.1 Å². The maximum atomic E-state index is 12.5. The van der Waals surface area contributed by atoms with E-state index >= 15 is 0 Å². The molecule has 0 aliphatic heterocycles. The van der Waals surface area contributed by atoms with Gasteiger partial charge in [0.25, 0.3) is 0 Å². The Labute approximate surface area is 325 Å². The lowest BCUT2D eigenvalue weighted by molar-refractivity contribution is -0.161. The fourth-order valence-electron chi connectivity index (χ4n) is 6.06. The summed E-state index contributed by atoms with van der Waals surface area (Å²) in [5.74, 6) is -0.882. The van der Waals surface area contributed by atoms with E-state index in [0.29, 0.717) is 6.42 Å². The van der Waals surface area contributed by atoms with Crippen molar-refractivity contribution in [1.82, 2.24) is 0 Å². The van der Waals surface area contributed by atoms with Gasteiger partial charge in [-0.3, -0.25) is 18.6 Å². The Morgan fingerprint density at radius 2 is 0.962 bits per heavy atom. The summed E-state index contributed by atoms with van der Waals surface area (Å²) in [6.45, 7) is 3.69. The average molecular weight is 772 g/mol. The third kappa shape index (κ3) is 40.0. The minimum Gasteiger partial charge on any atom is -0.462 e. The van der Waals surface area contributed by atoms with Crippen LogP contribution in [0.4, 0.5) is 0 Å². The van der Waals surface area contributed by atoms with Gasteiger partial charge >= 0.3 is 19.8 Å². The number of unbranched alkanes of at least 4 members (excludes halogenated alkanes) is 24. The molecule has 9 nitrogen and oxygen atoms in total. The van der Waals surface area contributed by atoms with Gasteiger partial charge in [0, 0.05) is 19.4 Å². The largest absolute Gasteiger partial charge is 0.472 e. The van der Waals surface area contributed by atoms with Gasteiger partial charge in [-0.15, -0.1) is 0 Å². The molecule has 2 atom stereocenters. The number of phosphoric acid groups is 1. The van der Waals surface area contributed by atoms with Crippen LogP contribution in [-0.2, 0) is 32.7 Å². The summed E-state index contributed by atoms with van der Waals surface area (Å²) in [6, 6.07) is 0. The third-order valence-corrected chi connectivity index (χ3v) is 10.3. The van der Waals surface area contributed by atoms with Crippen molar-refractivity contribution in [3.63, 3.8) is 0 Å². The first kappa shape index (κ1) is 51.5. The highest BCUT2D eigenvalue weighted by atomic mass is 31.2. The molecule has 0 aliphatic carbocycles. The van der Waals surface area contributed by atoms with Crippen LogP contribution in [0.25, 0.3) is 0 Å².